The molecule has 1 aliphatic carbocycles. The molecule has 0 fully saturated rings. The van der Waals surface area contributed by atoms with Crippen LogP contribution in [0.1, 0.15) is 23.6 Å². The Morgan fingerprint density at radius 1 is 0.407 bits per heavy atom. The molecule has 12 rings (SSSR count). The molecule has 1 aliphatic rings. The number of anilines is 3. The number of fused-ring (bicyclic) bond motifs is 12. The zero-order chi connectivity index (χ0) is 35.5. The normalized spacial score (nSPS) is 13.4. The number of rotatable bonds is 4. The Labute approximate surface area is 319 Å². The molecule has 3 heterocycles. The van der Waals surface area contributed by atoms with Gasteiger partial charge in [-0.05, 0) is 95.4 Å². The average Bonchev–Trinajstić information content (AvgIpc) is 3.96. The summed E-state index contributed by atoms with van der Waals surface area (Å²) in [5.74, 6) is 0. The number of hydrogen-bond acceptors (Lipinski definition) is 4. The van der Waals surface area contributed by atoms with Crippen molar-refractivity contribution in [3.63, 3.8) is 0 Å². The molecule has 0 N–H and O–H groups in total. The maximum atomic E-state index is 6.84. The van der Waals surface area contributed by atoms with E-state index in [1.165, 1.54) is 73.5 Å². The third-order valence-electron chi connectivity index (χ3n) is 11.7. The summed E-state index contributed by atoms with van der Waals surface area (Å²) in [5, 5.41) is 7.48. The van der Waals surface area contributed by atoms with Crippen LogP contribution in [-0.2, 0) is 5.41 Å². The fraction of sp³-hybridized carbons (Fsp3) is 0.0400. The fourth-order valence-electron chi connectivity index (χ4n) is 9.27. The van der Waals surface area contributed by atoms with Gasteiger partial charge in [0.1, 0.15) is 11.2 Å². The summed E-state index contributed by atoms with van der Waals surface area (Å²) >= 11 is 3.71. The van der Waals surface area contributed by atoms with Crippen LogP contribution in [0.3, 0.4) is 0 Å². The third kappa shape index (κ3) is 4.15. The van der Waals surface area contributed by atoms with Gasteiger partial charge in [0.2, 0.25) is 0 Å². The first-order valence-corrected chi connectivity index (χ1v) is 20.0. The van der Waals surface area contributed by atoms with Gasteiger partial charge in [-0.3, -0.25) is 0 Å². The van der Waals surface area contributed by atoms with Crippen molar-refractivity contribution in [1.29, 1.82) is 0 Å². The molecule has 4 heteroatoms. The van der Waals surface area contributed by atoms with Crippen molar-refractivity contribution in [3.8, 4) is 11.1 Å². The molecule has 0 unspecified atom stereocenters. The lowest BCUT2D eigenvalue weighted by atomic mass is 9.73. The molecule has 0 bridgehead atoms. The van der Waals surface area contributed by atoms with E-state index in [1.807, 2.05) is 22.7 Å². The minimum absolute atomic E-state index is 0.327. The standard InChI is InChI=1S/C50H31NOS2/c1-50(40-15-6-2-11-33(40)34-12-3-7-16-41(34)50)42-17-10-18-43-49(42)38-25-22-31(28-44(38)52-43)51(30-23-26-47-39(27-30)36-14-5-9-20-46(36)53-47)32-21-24-37-35-13-4-8-19-45(35)54-48(37)29-32/h2-29H,1H3. The molecule has 0 spiro atoms. The molecule has 0 radical (unpaired) electrons. The van der Waals surface area contributed by atoms with Gasteiger partial charge in [-0.2, -0.15) is 0 Å². The number of nitrogens with zero attached hydrogens (tertiary/aromatic N) is 1. The molecule has 0 saturated heterocycles. The lowest BCUT2D eigenvalue weighted by Gasteiger charge is -2.29. The van der Waals surface area contributed by atoms with Crippen molar-refractivity contribution in [2.45, 2.75) is 12.3 Å². The van der Waals surface area contributed by atoms with Gasteiger partial charge < -0.3 is 9.32 Å². The lowest BCUT2D eigenvalue weighted by Crippen LogP contribution is -2.22. The summed E-state index contributed by atoms with van der Waals surface area (Å²) < 4.78 is 12.0. The van der Waals surface area contributed by atoms with Gasteiger partial charge in [0.05, 0.1) is 0 Å². The Bertz CT molecular complexity index is 3280. The molecule has 254 valence electrons. The van der Waals surface area contributed by atoms with E-state index in [9.17, 15) is 0 Å². The summed E-state index contributed by atoms with van der Waals surface area (Å²) in [6.45, 7) is 2.38. The van der Waals surface area contributed by atoms with E-state index in [-0.39, 0.29) is 5.41 Å². The molecule has 8 aromatic carbocycles. The maximum Gasteiger partial charge on any atom is 0.137 e. The Hall–Kier alpha value is -6.20. The smallest absolute Gasteiger partial charge is 0.137 e. The Balaban J connectivity index is 1.08. The zero-order valence-electron chi connectivity index (χ0n) is 29.3. The van der Waals surface area contributed by atoms with Crippen LogP contribution < -0.4 is 4.90 Å². The second-order valence-electron chi connectivity index (χ2n) is 14.6. The quantitative estimate of drug-likeness (QED) is 0.180. The van der Waals surface area contributed by atoms with Gasteiger partial charge in [-0.15, -0.1) is 22.7 Å². The highest BCUT2D eigenvalue weighted by atomic mass is 32.1. The highest BCUT2D eigenvalue weighted by molar-refractivity contribution is 7.26. The van der Waals surface area contributed by atoms with Crippen LogP contribution in [0, 0.1) is 0 Å². The largest absolute Gasteiger partial charge is 0.456 e. The molecule has 0 saturated carbocycles. The van der Waals surface area contributed by atoms with Crippen molar-refractivity contribution in [2.75, 3.05) is 4.90 Å². The molecule has 54 heavy (non-hydrogen) atoms. The van der Waals surface area contributed by atoms with Gasteiger partial charge >= 0.3 is 0 Å². The molecule has 0 amide bonds. The highest BCUT2D eigenvalue weighted by Crippen LogP contribution is 2.54. The Kier molecular flexibility index (Phi) is 6.26. The number of hydrogen-bond donors (Lipinski definition) is 0. The van der Waals surface area contributed by atoms with E-state index in [1.54, 1.807) is 0 Å². The maximum absolute atomic E-state index is 6.84. The summed E-state index contributed by atoms with van der Waals surface area (Å²) in [6, 6.07) is 62.4. The van der Waals surface area contributed by atoms with Gasteiger partial charge in [-0.25, -0.2) is 0 Å². The first-order chi connectivity index (χ1) is 26.6. The predicted molar refractivity (Wildman–Crippen MR) is 232 cm³/mol. The van der Waals surface area contributed by atoms with E-state index in [4.69, 9.17) is 4.42 Å². The van der Waals surface area contributed by atoms with Crippen molar-refractivity contribution in [2.24, 2.45) is 0 Å². The van der Waals surface area contributed by atoms with Crippen LogP contribution in [0.25, 0.3) is 73.4 Å². The third-order valence-corrected chi connectivity index (χ3v) is 14.0. The average molecular weight is 726 g/mol. The lowest BCUT2D eigenvalue weighted by molar-refractivity contribution is 0.666. The van der Waals surface area contributed by atoms with Gasteiger partial charge in [-0.1, -0.05) is 103 Å². The first kappa shape index (κ1) is 30.3. The zero-order valence-corrected chi connectivity index (χ0v) is 31.0. The molecule has 0 aliphatic heterocycles. The molecule has 11 aromatic rings. The van der Waals surface area contributed by atoms with Crippen molar-refractivity contribution in [3.05, 3.63) is 187 Å². The Morgan fingerprint density at radius 2 is 0.944 bits per heavy atom. The molecular formula is C50H31NOS2. The SMILES string of the molecule is CC1(c2cccc3oc4cc(N(c5ccc6c(c5)sc5ccccc56)c5ccc6sc7ccccc7c6c5)ccc4c23)c2ccccc2-c2ccccc21. The van der Waals surface area contributed by atoms with Gasteiger partial charge in [0.25, 0.3) is 0 Å². The van der Waals surface area contributed by atoms with Crippen LogP contribution in [0.5, 0.6) is 0 Å². The molecular weight excluding hydrogens is 695 g/mol. The topological polar surface area (TPSA) is 16.4 Å². The minimum atomic E-state index is -0.327. The predicted octanol–water partition coefficient (Wildman–Crippen LogP) is 15.1. The number of furan rings is 1. The summed E-state index contributed by atoms with van der Waals surface area (Å²) in [4.78, 5) is 2.40. The van der Waals surface area contributed by atoms with Crippen LogP contribution in [0.2, 0.25) is 0 Å². The van der Waals surface area contributed by atoms with E-state index >= 15 is 0 Å². The fourth-order valence-corrected chi connectivity index (χ4v) is 11.5. The minimum Gasteiger partial charge on any atom is -0.456 e. The summed E-state index contributed by atoms with van der Waals surface area (Å²) in [6.07, 6.45) is 0. The van der Waals surface area contributed by atoms with E-state index in [0.717, 1.165) is 33.6 Å². The van der Waals surface area contributed by atoms with Crippen molar-refractivity contribution < 1.29 is 4.42 Å². The summed E-state index contributed by atoms with van der Waals surface area (Å²) in [7, 11) is 0. The van der Waals surface area contributed by atoms with Crippen molar-refractivity contribution >= 4 is 102 Å². The first-order valence-electron chi connectivity index (χ1n) is 18.4. The van der Waals surface area contributed by atoms with Crippen molar-refractivity contribution in [1.82, 2.24) is 0 Å². The monoisotopic (exact) mass is 725 g/mol. The second-order valence-corrected chi connectivity index (χ2v) is 16.7. The summed E-state index contributed by atoms with van der Waals surface area (Å²) in [5.41, 5.74) is 11.3. The molecule has 3 aromatic heterocycles. The molecule has 2 nitrogen and oxygen atoms in total. The van der Waals surface area contributed by atoms with Gasteiger partial charge in [0.15, 0.2) is 0 Å². The second kappa shape index (κ2) is 11.2. The van der Waals surface area contributed by atoms with E-state index < -0.39 is 0 Å². The highest BCUT2D eigenvalue weighted by Gasteiger charge is 2.42. The van der Waals surface area contributed by atoms with E-state index in [0.29, 0.717) is 0 Å². The van der Waals surface area contributed by atoms with Crippen LogP contribution in [-0.4, -0.2) is 0 Å². The number of benzene rings is 8. The van der Waals surface area contributed by atoms with E-state index in [2.05, 4.69) is 182 Å². The van der Waals surface area contributed by atoms with Gasteiger partial charge in [0, 0.05) is 79.7 Å². The number of thiophene rings is 2. The van der Waals surface area contributed by atoms with Crippen LogP contribution in [0.15, 0.2) is 174 Å². The Morgan fingerprint density at radius 3 is 1.70 bits per heavy atom. The molecule has 0 atom stereocenters. The van der Waals surface area contributed by atoms with Crippen LogP contribution >= 0.6 is 22.7 Å². The van der Waals surface area contributed by atoms with Crippen LogP contribution in [0.4, 0.5) is 17.1 Å².